The summed E-state index contributed by atoms with van der Waals surface area (Å²) in [6.45, 7) is 2.55. The van der Waals surface area contributed by atoms with Crippen LogP contribution in [0.15, 0.2) is 79.1 Å². The molecule has 4 rings (SSSR count). The third-order valence-electron chi connectivity index (χ3n) is 4.60. The lowest BCUT2D eigenvalue weighted by atomic mass is 10.1. The number of carbonyl (C=O) groups is 1. The highest BCUT2D eigenvalue weighted by Gasteiger charge is 2.15. The van der Waals surface area contributed by atoms with E-state index in [4.69, 9.17) is 11.6 Å². The minimum atomic E-state index is -0.316. The van der Waals surface area contributed by atoms with Gasteiger partial charge in [-0.2, -0.15) is 9.67 Å². The molecule has 0 spiro atoms. The lowest BCUT2D eigenvalue weighted by Gasteiger charge is -2.06. The van der Waals surface area contributed by atoms with Crippen molar-refractivity contribution in [3.05, 3.63) is 101 Å². The largest absolute Gasteiger partial charge is 0.350 e. The molecule has 4 aromatic rings. The lowest BCUT2D eigenvalue weighted by Crippen LogP contribution is -2.14. The van der Waals surface area contributed by atoms with Crippen LogP contribution in [-0.4, -0.2) is 25.7 Å². The zero-order valence-electron chi connectivity index (χ0n) is 16.9. The second-order valence-electron chi connectivity index (χ2n) is 6.97. The summed E-state index contributed by atoms with van der Waals surface area (Å²) in [5, 5.41) is 8.28. The molecule has 0 saturated heterocycles. The summed E-state index contributed by atoms with van der Waals surface area (Å²) in [6, 6.07) is 19.0. The van der Waals surface area contributed by atoms with E-state index in [1.54, 1.807) is 36.7 Å². The van der Waals surface area contributed by atoms with Crippen molar-refractivity contribution in [3.8, 4) is 11.4 Å². The summed E-state index contributed by atoms with van der Waals surface area (Å²) < 4.78 is 1.27. The molecule has 7 heteroatoms. The molecule has 0 atom stereocenters. The number of nitrogens with one attached hydrogen (secondary N) is 1. The van der Waals surface area contributed by atoms with Crippen LogP contribution >= 0.6 is 11.6 Å². The Morgan fingerprint density at radius 1 is 1.10 bits per heavy atom. The first kappa shape index (κ1) is 20.5. The Morgan fingerprint density at radius 3 is 2.58 bits per heavy atom. The molecule has 0 radical (unpaired) electrons. The first-order valence-electron chi connectivity index (χ1n) is 9.73. The highest BCUT2D eigenvalue weighted by Crippen LogP contribution is 2.18. The van der Waals surface area contributed by atoms with Crippen LogP contribution in [0.5, 0.6) is 0 Å². The summed E-state index contributed by atoms with van der Waals surface area (Å²) in [5.74, 6) is 0.474. The first-order chi connectivity index (χ1) is 15.1. The number of anilines is 1. The molecule has 0 saturated carbocycles. The second-order valence-corrected chi connectivity index (χ2v) is 7.41. The zero-order valence-corrected chi connectivity index (χ0v) is 17.6. The van der Waals surface area contributed by atoms with Gasteiger partial charge in [0, 0.05) is 35.6 Å². The molecule has 0 aliphatic rings. The van der Waals surface area contributed by atoms with E-state index in [9.17, 15) is 4.79 Å². The molecule has 0 fully saturated rings. The van der Waals surface area contributed by atoms with E-state index in [1.807, 2.05) is 49.4 Å². The quantitative estimate of drug-likeness (QED) is 0.423. The second kappa shape index (κ2) is 9.36. The number of aromatic nitrogens is 4. The Morgan fingerprint density at radius 2 is 1.87 bits per heavy atom. The van der Waals surface area contributed by atoms with Gasteiger partial charge in [-0.05, 0) is 48.4 Å². The van der Waals surface area contributed by atoms with Gasteiger partial charge in [0.2, 0.25) is 5.95 Å². The average Bonchev–Trinajstić information content (AvgIpc) is 3.23. The fraction of sp³-hybridized carbons (Fsp3) is 0.0833. The number of carbonyl (C=O) groups excluding carboxylic acids is 1. The number of benzene rings is 2. The third kappa shape index (κ3) is 5.24. The third-order valence-corrected chi connectivity index (χ3v) is 4.85. The molecular weight excluding hydrogens is 410 g/mol. The van der Waals surface area contributed by atoms with Gasteiger partial charge >= 0.3 is 0 Å². The van der Waals surface area contributed by atoms with Crippen molar-refractivity contribution >= 4 is 29.5 Å². The van der Waals surface area contributed by atoms with Crippen molar-refractivity contribution in [2.45, 2.75) is 13.5 Å². The predicted molar refractivity (Wildman–Crippen MR) is 123 cm³/mol. The van der Waals surface area contributed by atoms with Crippen LogP contribution in [-0.2, 0) is 6.54 Å². The number of hydrogen-bond donors (Lipinski definition) is 1. The van der Waals surface area contributed by atoms with Gasteiger partial charge < -0.3 is 5.32 Å². The molecule has 0 bridgehead atoms. The first-order valence-corrected chi connectivity index (χ1v) is 10.1. The fourth-order valence-corrected chi connectivity index (χ4v) is 3.02. The van der Waals surface area contributed by atoms with Gasteiger partial charge in [-0.1, -0.05) is 53.6 Å². The van der Waals surface area contributed by atoms with Crippen LogP contribution in [0.3, 0.4) is 0 Å². The normalized spacial score (nSPS) is 11.0. The van der Waals surface area contributed by atoms with Gasteiger partial charge in [0.05, 0.1) is 0 Å². The molecule has 6 nitrogen and oxygen atoms in total. The summed E-state index contributed by atoms with van der Waals surface area (Å²) in [5.41, 5.74) is 3.86. The van der Waals surface area contributed by atoms with Crippen LogP contribution in [0.4, 0.5) is 5.95 Å². The molecule has 0 aliphatic heterocycles. The maximum Gasteiger partial charge on any atom is 0.274 e. The molecule has 2 aromatic carbocycles. The summed E-state index contributed by atoms with van der Waals surface area (Å²) in [6.07, 6.45) is 6.52. The SMILES string of the molecule is Cc1ccc(CNc2nc(-c3cccnc3)nn2C(=O)/C=C/c2ccc(Cl)cc2)cc1. The molecule has 1 N–H and O–H groups in total. The Hall–Kier alpha value is -3.77. The Balaban J connectivity index is 1.60. The zero-order chi connectivity index (χ0) is 21.6. The molecule has 31 heavy (non-hydrogen) atoms. The number of pyridine rings is 1. The van der Waals surface area contributed by atoms with Crippen LogP contribution in [0.2, 0.25) is 5.02 Å². The minimum absolute atomic E-state index is 0.316. The topological polar surface area (TPSA) is 72.7 Å². The fourth-order valence-electron chi connectivity index (χ4n) is 2.90. The van der Waals surface area contributed by atoms with E-state index in [-0.39, 0.29) is 5.91 Å². The number of nitrogens with zero attached hydrogens (tertiary/aromatic N) is 4. The van der Waals surface area contributed by atoms with Crippen molar-refractivity contribution in [1.82, 2.24) is 19.7 Å². The number of rotatable bonds is 6. The number of aryl methyl sites for hydroxylation is 1. The Kier molecular flexibility index (Phi) is 6.19. The van der Waals surface area contributed by atoms with Gasteiger partial charge in [0.15, 0.2) is 5.82 Å². The van der Waals surface area contributed by atoms with Crippen LogP contribution in [0.1, 0.15) is 21.5 Å². The summed E-state index contributed by atoms with van der Waals surface area (Å²) in [4.78, 5) is 21.5. The van der Waals surface area contributed by atoms with Gasteiger partial charge in [-0.25, -0.2) is 0 Å². The molecule has 2 heterocycles. The monoisotopic (exact) mass is 429 g/mol. The Bertz CT molecular complexity index is 1200. The standard InChI is InChI=1S/C24H20ClN5O/c1-17-4-6-19(7-5-17)15-27-24-28-23(20-3-2-14-26-16-20)29-30(24)22(31)13-10-18-8-11-21(25)12-9-18/h2-14,16H,15H2,1H3,(H,27,28,29)/b13-10+. The number of allylic oxidation sites excluding steroid dienone is 1. The van der Waals surface area contributed by atoms with E-state index in [2.05, 4.69) is 20.4 Å². The van der Waals surface area contributed by atoms with Crippen LogP contribution in [0, 0.1) is 6.92 Å². The van der Waals surface area contributed by atoms with E-state index in [0.29, 0.717) is 23.3 Å². The van der Waals surface area contributed by atoms with Gasteiger partial charge in [0.1, 0.15) is 0 Å². The molecule has 2 aromatic heterocycles. The highest BCUT2D eigenvalue weighted by molar-refractivity contribution is 6.30. The predicted octanol–water partition coefficient (Wildman–Crippen LogP) is 5.27. The van der Waals surface area contributed by atoms with E-state index >= 15 is 0 Å². The van der Waals surface area contributed by atoms with Crippen molar-refractivity contribution in [3.63, 3.8) is 0 Å². The average molecular weight is 430 g/mol. The molecule has 0 aliphatic carbocycles. The van der Waals surface area contributed by atoms with Crippen LogP contribution < -0.4 is 5.32 Å². The molecular formula is C24H20ClN5O. The molecule has 154 valence electrons. The molecule has 0 unspecified atom stereocenters. The van der Waals surface area contributed by atoms with Gasteiger partial charge in [0.25, 0.3) is 5.91 Å². The maximum absolute atomic E-state index is 12.9. The van der Waals surface area contributed by atoms with Gasteiger partial charge in [-0.15, -0.1) is 5.10 Å². The highest BCUT2D eigenvalue weighted by atomic mass is 35.5. The summed E-state index contributed by atoms with van der Waals surface area (Å²) >= 11 is 5.92. The maximum atomic E-state index is 12.9. The van der Waals surface area contributed by atoms with Crippen molar-refractivity contribution in [1.29, 1.82) is 0 Å². The smallest absolute Gasteiger partial charge is 0.274 e. The van der Waals surface area contributed by atoms with Crippen molar-refractivity contribution < 1.29 is 4.79 Å². The summed E-state index contributed by atoms with van der Waals surface area (Å²) in [7, 11) is 0. The van der Waals surface area contributed by atoms with E-state index in [1.165, 1.54) is 16.3 Å². The van der Waals surface area contributed by atoms with E-state index < -0.39 is 0 Å². The van der Waals surface area contributed by atoms with Crippen LogP contribution in [0.25, 0.3) is 17.5 Å². The Labute approximate surface area is 185 Å². The van der Waals surface area contributed by atoms with E-state index in [0.717, 1.165) is 16.7 Å². The van der Waals surface area contributed by atoms with Crippen molar-refractivity contribution in [2.75, 3.05) is 5.32 Å². The lowest BCUT2D eigenvalue weighted by molar-refractivity contribution is 0.0957. The minimum Gasteiger partial charge on any atom is -0.350 e. The van der Waals surface area contributed by atoms with Gasteiger partial charge in [-0.3, -0.25) is 9.78 Å². The molecule has 0 amide bonds. The number of hydrogen-bond acceptors (Lipinski definition) is 5. The van der Waals surface area contributed by atoms with Crippen molar-refractivity contribution in [2.24, 2.45) is 0 Å². The number of halogens is 1.